The number of benzene rings is 2. The SMILES string of the molecule is COC(=O)c1cc(NC(=O)CCCOc2ccc(C(C)(C)C)cc2)cc(C(=O)OC)c1. The Morgan fingerprint density at radius 2 is 1.42 bits per heavy atom. The fourth-order valence-electron chi connectivity index (χ4n) is 2.87. The summed E-state index contributed by atoms with van der Waals surface area (Å²) in [5.74, 6) is -0.745. The molecule has 0 fully saturated rings. The lowest BCUT2D eigenvalue weighted by atomic mass is 9.87. The molecule has 0 aliphatic carbocycles. The predicted octanol–water partition coefficient (Wildman–Crippen LogP) is 4.36. The highest BCUT2D eigenvalue weighted by Gasteiger charge is 2.15. The third-order valence-electron chi connectivity index (χ3n) is 4.60. The van der Waals surface area contributed by atoms with Crippen LogP contribution in [0.15, 0.2) is 42.5 Å². The molecule has 0 heterocycles. The molecule has 0 radical (unpaired) electrons. The first kappa shape index (κ1) is 23.9. The van der Waals surface area contributed by atoms with Crippen molar-refractivity contribution in [1.82, 2.24) is 0 Å². The fourth-order valence-corrected chi connectivity index (χ4v) is 2.87. The minimum atomic E-state index is -0.618. The minimum Gasteiger partial charge on any atom is -0.494 e. The number of esters is 2. The van der Waals surface area contributed by atoms with Crippen LogP contribution in [0.5, 0.6) is 5.75 Å². The van der Waals surface area contributed by atoms with Crippen LogP contribution in [-0.4, -0.2) is 38.7 Å². The van der Waals surface area contributed by atoms with Crippen molar-refractivity contribution < 1.29 is 28.6 Å². The van der Waals surface area contributed by atoms with Gasteiger partial charge in [0, 0.05) is 12.1 Å². The highest BCUT2D eigenvalue weighted by atomic mass is 16.5. The molecule has 7 heteroatoms. The van der Waals surface area contributed by atoms with Crippen LogP contribution in [0.25, 0.3) is 0 Å². The number of nitrogens with one attached hydrogen (secondary N) is 1. The summed E-state index contributed by atoms with van der Waals surface area (Å²) >= 11 is 0. The van der Waals surface area contributed by atoms with Crippen LogP contribution in [0.4, 0.5) is 5.69 Å². The molecule has 166 valence electrons. The van der Waals surface area contributed by atoms with Gasteiger partial charge in [0.1, 0.15) is 5.75 Å². The lowest BCUT2D eigenvalue weighted by molar-refractivity contribution is -0.116. The molecule has 0 bridgehead atoms. The summed E-state index contributed by atoms with van der Waals surface area (Å²) in [6, 6.07) is 12.2. The summed E-state index contributed by atoms with van der Waals surface area (Å²) < 4.78 is 15.1. The zero-order chi connectivity index (χ0) is 23.0. The van der Waals surface area contributed by atoms with E-state index in [-0.39, 0.29) is 28.9 Å². The lowest BCUT2D eigenvalue weighted by Crippen LogP contribution is -2.15. The number of anilines is 1. The van der Waals surface area contributed by atoms with E-state index in [1.165, 1.54) is 38.0 Å². The van der Waals surface area contributed by atoms with Gasteiger partial charge < -0.3 is 19.5 Å². The van der Waals surface area contributed by atoms with Crippen molar-refractivity contribution in [2.75, 3.05) is 26.1 Å². The smallest absolute Gasteiger partial charge is 0.337 e. The van der Waals surface area contributed by atoms with Crippen LogP contribution in [-0.2, 0) is 19.7 Å². The van der Waals surface area contributed by atoms with Crippen LogP contribution in [0.1, 0.15) is 59.9 Å². The van der Waals surface area contributed by atoms with Gasteiger partial charge in [-0.05, 0) is 47.7 Å². The van der Waals surface area contributed by atoms with E-state index in [2.05, 4.69) is 26.1 Å². The second kappa shape index (κ2) is 10.6. The largest absolute Gasteiger partial charge is 0.494 e. The Balaban J connectivity index is 1.90. The van der Waals surface area contributed by atoms with Crippen molar-refractivity contribution in [2.24, 2.45) is 0 Å². The average Bonchev–Trinajstić information content (AvgIpc) is 2.75. The van der Waals surface area contributed by atoms with Gasteiger partial charge in [0.2, 0.25) is 5.91 Å². The highest BCUT2D eigenvalue weighted by molar-refractivity contribution is 5.99. The molecule has 1 N–H and O–H groups in total. The van der Waals surface area contributed by atoms with Gasteiger partial charge in [0.05, 0.1) is 32.0 Å². The first-order chi connectivity index (χ1) is 14.6. The van der Waals surface area contributed by atoms with E-state index in [1.807, 2.05) is 24.3 Å². The summed E-state index contributed by atoms with van der Waals surface area (Å²) in [7, 11) is 2.48. The van der Waals surface area contributed by atoms with Crippen molar-refractivity contribution in [1.29, 1.82) is 0 Å². The zero-order valence-electron chi connectivity index (χ0n) is 18.6. The molecule has 1 amide bonds. The molecule has 0 saturated carbocycles. The van der Waals surface area contributed by atoms with Crippen molar-refractivity contribution >= 4 is 23.5 Å². The molecule has 0 spiro atoms. The van der Waals surface area contributed by atoms with Gasteiger partial charge in [-0.3, -0.25) is 4.79 Å². The summed E-state index contributed by atoms with van der Waals surface area (Å²) in [6.45, 7) is 6.83. The van der Waals surface area contributed by atoms with E-state index in [9.17, 15) is 14.4 Å². The molecule has 0 unspecified atom stereocenters. The van der Waals surface area contributed by atoms with Gasteiger partial charge in [-0.15, -0.1) is 0 Å². The third-order valence-corrected chi connectivity index (χ3v) is 4.60. The minimum absolute atomic E-state index is 0.0789. The topological polar surface area (TPSA) is 90.9 Å². The number of methoxy groups -OCH3 is 2. The van der Waals surface area contributed by atoms with Crippen LogP contribution < -0.4 is 10.1 Å². The Bertz CT molecular complexity index is 894. The first-order valence-corrected chi connectivity index (χ1v) is 9.99. The summed E-state index contributed by atoms with van der Waals surface area (Å²) in [5.41, 5.74) is 1.90. The second-order valence-electron chi connectivity index (χ2n) is 8.06. The third kappa shape index (κ3) is 7.13. The van der Waals surface area contributed by atoms with Crippen molar-refractivity contribution in [2.45, 2.75) is 39.0 Å². The van der Waals surface area contributed by atoms with Gasteiger partial charge in [-0.2, -0.15) is 0 Å². The van der Waals surface area contributed by atoms with Crippen LogP contribution in [0, 0.1) is 0 Å². The summed E-state index contributed by atoms with van der Waals surface area (Å²) in [5, 5.41) is 2.69. The molecule has 0 atom stereocenters. The maximum atomic E-state index is 12.3. The van der Waals surface area contributed by atoms with Gasteiger partial charge in [0.25, 0.3) is 0 Å². The van der Waals surface area contributed by atoms with Crippen LogP contribution >= 0.6 is 0 Å². The second-order valence-corrected chi connectivity index (χ2v) is 8.06. The van der Waals surface area contributed by atoms with Crippen molar-refractivity contribution in [3.8, 4) is 5.75 Å². The molecule has 0 aliphatic heterocycles. The van der Waals surface area contributed by atoms with Gasteiger partial charge in [-0.1, -0.05) is 32.9 Å². The molecule has 2 rings (SSSR count). The van der Waals surface area contributed by atoms with Crippen molar-refractivity contribution in [3.63, 3.8) is 0 Å². The lowest BCUT2D eigenvalue weighted by Gasteiger charge is -2.19. The molecular weight excluding hydrogens is 398 g/mol. The van der Waals surface area contributed by atoms with E-state index < -0.39 is 11.9 Å². The molecule has 0 saturated heterocycles. The fraction of sp³-hybridized carbons (Fsp3) is 0.375. The van der Waals surface area contributed by atoms with E-state index in [1.54, 1.807) is 0 Å². The highest BCUT2D eigenvalue weighted by Crippen LogP contribution is 2.24. The molecular formula is C24H29NO6. The van der Waals surface area contributed by atoms with Crippen LogP contribution in [0.2, 0.25) is 0 Å². The number of amides is 1. The number of hydrogen-bond acceptors (Lipinski definition) is 6. The average molecular weight is 427 g/mol. The molecule has 0 aromatic heterocycles. The van der Waals surface area contributed by atoms with Gasteiger partial charge in [-0.25, -0.2) is 9.59 Å². The van der Waals surface area contributed by atoms with Gasteiger partial charge >= 0.3 is 11.9 Å². The normalized spacial score (nSPS) is 10.9. The Hall–Kier alpha value is -3.35. The number of rotatable bonds is 8. The van der Waals surface area contributed by atoms with E-state index in [0.717, 1.165) is 5.75 Å². The number of ether oxygens (including phenoxy) is 3. The van der Waals surface area contributed by atoms with E-state index in [0.29, 0.717) is 18.7 Å². The van der Waals surface area contributed by atoms with Crippen LogP contribution in [0.3, 0.4) is 0 Å². The molecule has 31 heavy (non-hydrogen) atoms. The standard InChI is InChI=1S/C24H29NO6/c1-24(2,3)18-8-10-20(11-9-18)31-12-6-7-21(26)25-19-14-16(22(27)29-4)13-17(15-19)23(28)30-5/h8-11,13-15H,6-7,12H2,1-5H3,(H,25,26). The quantitative estimate of drug-likeness (QED) is 0.497. The molecule has 7 nitrogen and oxygen atoms in total. The molecule has 0 aliphatic rings. The maximum Gasteiger partial charge on any atom is 0.337 e. The van der Waals surface area contributed by atoms with E-state index >= 15 is 0 Å². The number of hydrogen-bond donors (Lipinski definition) is 1. The first-order valence-electron chi connectivity index (χ1n) is 9.99. The molecule has 2 aromatic rings. The summed E-state index contributed by atoms with van der Waals surface area (Å²) in [4.78, 5) is 35.9. The van der Waals surface area contributed by atoms with Gasteiger partial charge in [0.15, 0.2) is 0 Å². The Morgan fingerprint density at radius 3 is 1.90 bits per heavy atom. The number of carbonyl (C=O) groups excluding carboxylic acids is 3. The zero-order valence-corrected chi connectivity index (χ0v) is 18.6. The van der Waals surface area contributed by atoms with E-state index in [4.69, 9.17) is 14.2 Å². The predicted molar refractivity (Wildman–Crippen MR) is 118 cm³/mol. The monoisotopic (exact) mass is 427 g/mol. The summed E-state index contributed by atoms with van der Waals surface area (Å²) in [6.07, 6.45) is 0.726. The van der Waals surface area contributed by atoms with Crippen molar-refractivity contribution in [3.05, 3.63) is 59.2 Å². The maximum absolute atomic E-state index is 12.3. The Labute approximate surface area is 182 Å². The number of carbonyl (C=O) groups is 3. The Kier molecular flexibility index (Phi) is 8.19. The molecule has 2 aromatic carbocycles. The Morgan fingerprint density at radius 1 is 0.871 bits per heavy atom.